The first-order chi connectivity index (χ1) is 6.65. The Hall–Kier alpha value is -0.940. The molecule has 2 atom stereocenters. The van der Waals surface area contributed by atoms with Crippen molar-refractivity contribution >= 4 is 17.3 Å². The molecule has 0 amide bonds. The normalized spacial score (nSPS) is 15.0. The highest BCUT2D eigenvalue weighted by molar-refractivity contribution is 7.09. The Balaban J connectivity index is 2.77. The van der Waals surface area contributed by atoms with Crippen LogP contribution in [-0.2, 0) is 4.79 Å². The Morgan fingerprint density at radius 3 is 2.93 bits per heavy atom. The predicted molar refractivity (Wildman–Crippen MR) is 55.4 cm³/mol. The highest BCUT2D eigenvalue weighted by Crippen LogP contribution is 2.25. The van der Waals surface area contributed by atoms with Crippen molar-refractivity contribution in [3.63, 3.8) is 0 Å². The van der Waals surface area contributed by atoms with Crippen molar-refractivity contribution in [2.45, 2.75) is 31.7 Å². The summed E-state index contributed by atoms with van der Waals surface area (Å²) < 4.78 is 0. The molecule has 0 aliphatic heterocycles. The number of hydrogen-bond acceptors (Lipinski definition) is 4. The van der Waals surface area contributed by atoms with Crippen LogP contribution in [0.15, 0.2) is 11.6 Å². The van der Waals surface area contributed by atoms with Crippen molar-refractivity contribution in [2.24, 2.45) is 5.73 Å². The summed E-state index contributed by atoms with van der Waals surface area (Å²) in [7, 11) is 0. The number of hydrogen-bond donors (Lipinski definition) is 2. The lowest BCUT2D eigenvalue weighted by molar-refractivity contribution is -0.137. The van der Waals surface area contributed by atoms with Crippen LogP contribution in [0.5, 0.6) is 0 Å². The fourth-order valence-electron chi connectivity index (χ4n) is 1.31. The van der Waals surface area contributed by atoms with Crippen molar-refractivity contribution in [2.75, 3.05) is 0 Å². The minimum Gasteiger partial charge on any atom is -0.481 e. The highest BCUT2D eigenvalue weighted by atomic mass is 32.1. The van der Waals surface area contributed by atoms with E-state index in [1.54, 1.807) is 6.20 Å². The van der Waals surface area contributed by atoms with E-state index in [0.717, 1.165) is 11.4 Å². The predicted octanol–water partition coefficient (Wildman–Crippen LogP) is 1.44. The Bertz CT molecular complexity index is 287. The number of carbonyl (C=O) groups is 1. The Morgan fingerprint density at radius 2 is 2.50 bits per heavy atom. The number of thiazole rings is 1. The van der Waals surface area contributed by atoms with Crippen molar-refractivity contribution in [3.05, 3.63) is 16.6 Å². The van der Waals surface area contributed by atoms with Crippen molar-refractivity contribution in [1.82, 2.24) is 4.98 Å². The molecule has 1 aromatic heterocycles. The van der Waals surface area contributed by atoms with Crippen LogP contribution in [0.3, 0.4) is 0 Å². The summed E-state index contributed by atoms with van der Waals surface area (Å²) in [5, 5.41) is 11.4. The molecule has 0 aromatic carbocycles. The van der Waals surface area contributed by atoms with E-state index in [0.29, 0.717) is 0 Å². The van der Waals surface area contributed by atoms with E-state index < -0.39 is 5.97 Å². The van der Waals surface area contributed by atoms with E-state index in [9.17, 15) is 4.79 Å². The number of nitrogens with zero attached hydrogens (tertiary/aromatic N) is 1. The van der Waals surface area contributed by atoms with Crippen LogP contribution in [0.4, 0.5) is 0 Å². The van der Waals surface area contributed by atoms with E-state index >= 15 is 0 Å². The molecule has 0 spiro atoms. The van der Waals surface area contributed by atoms with Crippen molar-refractivity contribution in [3.8, 4) is 0 Å². The highest BCUT2D eigenvalue weighted by Gasteiger charge is 2.23. The summed E-state index contributed by atoms with van der Waals surface area (Å²) in [5.74, 6) is -0.980. The van der Waals surface area contributed by atoms with Gasteiger partial charge in [0.15, 0.2) is 0 Å². The van der Waals surface area contributed by atoms with Gasteiger partial charge in [0.05, 0.1) is 11.4 Å². The second-order valence-corrected chi connectivity index (χ2v) is 4.07. The van der Waals surface area contributed by atoms with E-state index in [2.05, 4.69) is 4.98 Å². The molecule has 0 fully saturated rings. The molecule has 0 aliphatic carbocycles. The standard InChI is InChI=1S/C9H14N2O2S/c1-2-7(10)6(5-8(12)13)9-11-3-4-14-9/h3-4,6-7H,2,5,10H2,1H3,(H,12,13). The number of carboxylic acid groups (broad SMARTS) is 1. The molecule has 4 nitrogen and oxygen atoms in total. The molecule has 1 heterocycles. The van der Waals surface area contributed by atoms with Crippen LogP contribution in [-0.4, -0.2) is 22.1 Å². The van der Waals surface area contributed by atoms with Crippen LogP contribution in [0, 0.1) is 0 Å². The number of carboxylic acids is 1. The molecular weight excluding hydrogens is 200 g/mol. The van der Waals surface area contributed by atoms with Gasteiger partial charge in [-0.3, -0.25) is 4.79 Å². The Labute approximate surface area is 86.8 Å². The van der Waals surface area contributed by atoms with Crippen molar-refractivity contribution in [1.29, 1.82) is 0 Å². The quantitative estimate of drug-likeness (QED) is 0.777. The molecule has 0 aliphatic rings. The zero-order chi connectivity index (χ0) is 10.6. The average Bonchev–Trinajstić information content (AvgIpc) is 2.65. The second-order valence-electron chi connectivity index (χ2n) is 3.15. The zero-order valence-corrected chi connectivity index (χ0v) is 8.83. The zero-order valence-electron chi connectivity index (χ0n) is 8.01. The molecular formula is C9H14N2O2S. The minimum absolute atomic E-state index is 0.0581. The second kappa shape index (κ2) is 5.07. The fourth-order valence-corrected chi connectivity index (χ4v) is 2.13. The third kappa shape index (κ3) is 2.78. The van der Waals surface area contributed by atoms with Crippen LogP contribution < -0.4 is 5.73 Å². The van der Waals surface area contributed by atoms with Crippen LogP contribution >= 0.6 is 11.3 Å². The smallest absolute Gasteiger partial charge is 0.304 e. The summed E-state index contributed by atoms with van der Waals surface area (Å²) in [6.07, 6.45) is 2.50. The van der Waals surface area contributed by atoms with E-state index in [4.69, 9.17) is 10.8 Å². The third-order valence-electron chi connectivity index (χ3n) is 2.15. The number of aliphatic carboxylic acids is 1. The molecule has 5 heteroatoms. The molecule has 2 unspecified atom stereocenters. The molecule has 78 valence electrons. The molecule has 0 saturated heterocycles. The van der Waals surface area contributed by atoms with Gasteiger partial charge in [-0.15, -0.1) is 11.3 Å². The number of nitrogens with two attached hydrogens (primary N) is 1. The topological polar surface area (TPSA) is 76.2 Å². The maximum atomic E-state index is 10.6. The van der Waals surface area contributed by atoms with E-state index in [1.165, 1.54) is 11.3 Å². The Kier molecular flexibility index (Phi) is 4.03. The van der Waals surface area contributed by atoms with Gasteiger partial charge in [-0.1, -0.05) is 6.92 Å². The lowest BCUT2D eigenvalue weighted by Crippen LogP contribution is -2.29. The maximum absolute atomic E-state index is 10.6. The van der Waals surface area contributed by atoms with E-state index in [1.807, 2.05) is 12.3 Å². The van der Waals surface area contributed by atoms with Gasteiger partial charge in [-0.25, -0.2) is 4.98 Å². The average molecular weight is 214 g/mol. The van der Waals surface area contributed by atoms with Gasteiger partial charge >= 0.3 is 5.97 Å². The molecule has 0 saturated carbocycles. The van der Waals surface area contributed by atoms with Gasteiger partial charge < -0.3 is 10.8 Å². The van der Waals surface area contributed by atoms with E-state index in [-0.39, 0.29) is 18.4 Å². The van der Waals surface area contributed by atoms with Gasteiger partial charge in [0.25, 0.3) is 0 Å². The lowest BCUT2D eigenvalue weighted by Gasteiger charge is -2.18. The van der Waals surface area contributed by atoms with Gasteiger partial charge in [-0.05, 0) is 6.42 Å². The fraction of sp³-hybridized carbons (Fsp3) is 0.556. The molecule has 14 heavy (non-hydrogen) atoms. The van der Waals surface area contributed by atoms with Crippen molar-refractivity contribution < 1.29 is 9.90 Å². The molecule has 3 N–H and O–H groups in total. The summed E-state index contributed by atoms with van der Waals surface area (Å²) in [5.41, 5.74) is 5.86. The lowest BCUT2D eigenvalue weighted by atomic mass is 9.95. The number of aromatic nitrogens is 1. The minimum atomic E-state index is -0.825. The van der Waals surface area contributed by atoms with Gasteiger partial charge in [-0.2, -0.15) is 0 Å². The molecule has 1 aromatic rings. The van der Waals surface area contributed by atoms with Gasteiger partial charge in [0.2, 0.25) is 0 Å². The molecule has 1 rings (SSSR count). The largest absolute Gasteiger partial charge is 0.481 e. The first-order valence-corrected chi connectivity index (χ1v) is 5.39. The van der Waals surface area contributed by atoms with Gasteiger partial charge in [0.1, 0.15) is 0 Å². The van der Waals surface area contributed by atoms with Crippen LogP contribution in [0.1, 0.15) is 30.7 Å². The number of rotatable bonds is 5. The molecule has 0 radical (unpaired) electrons. The monoisotopic (exact) mass is 214 g/mol. The third-order valence-corrected chi connectivity index (χ3v) is 3.06. The SMILES string of the molecule is CCC(N)C(CC(=O)O)c1nccs1. The maximum Gasteiger partial charge on any atom is 0.304 e. The Morgan fingerprint density at radius 1 is 1.79 bits per heavy atom. The molecule has 0 bridgehead atoms. The first-order valence-electron chi connectivity index (χ1n) is 4.52. The summed E-state index contributed by atoms with van der Waals surface area (Å²) in [6, 6.07) is -0.128. The van der Waals surface area contributed by atoms with Crippen LogP contribution in [0.25, 0.3) is 0 Å². The summed E-state index contributed by atoms with van der Waals surface area (Å²) in [4.78, 5) is 14.8. The summed E-state index contributed by atoms with van der Waals surface area (Å²) >= 11 is 1.46. The van der Waals surface area contributed by atoms with Crippen LogP contribution in [0.2, 0.25) is 0 Å². The first kappa shape index (κ1) is 11.1. The summed E-state index contributed by atoms with van der Waals surface area (Å²) in [6.45, 7) is 1.95. The van der Waals surface area contributed by atoms with Gasteiger partial charge in [0, 0.05) is 23.5 Å².